The Labute approximate surface area is 144 Å². The van der Waals surface area contributed by atoms with Gasteiger partial charge in [-0.2, -0.15) is 5.10 Å². The quantitative estimate of drug-likeness (QED) is 0.786. The van der Waals surface area contributed by atoms with E-state index in [1.165, 1.54) is 28.9 Å². The second kappa shape index (κ2) is 6.73. The van der Waals surface area contributed by atoms with Crippen LogP contribution in [0.25, 0.3) is 5.69 Å². The highest BCUT2D eigenvalue weighted by Crippen LogP contribution is 2.25. The Balaban J connectivity index is 2.24. The zero-order chi connectivity index (χ0) is 18.1. The topological polar surface area (TPSA) is 61.2 Å². The van der Waals surface area contributed by atoms with Gasteiger partial charge in [-0.1, -0.05) is 32.4 Å². The van der Waals surface area contributed by atoms with Crippen molar-refractivity contribution in [2.24, 2.45) is 5.41 Å². The molecular weight excluding hydrogens is 335 g/mol. The summed E-state index contributed by atoms with van der Waals surface area (Å²) in [5.74, 6) is -1.31. The van der Waals surface area contributed by atoms with Crippen LogP contribution in [-0.4, -0.2) is 28.1 Å². The minimum atomic E-state index is -0.719. The molecule has 0 radical (unpaired) electrons. The molecule has 0 aliphatic carbocycles. The molecule has 24 heavy (non-hydrogen) atoms. The molecule has 128 valence electrons. The molecular formula is C17H18ClFN2O3. The van der Waals surface area contributed by atoms with Gasteiger partial charge in [-0.05, 0) is 31.2 Å². The van der Waals surface area contributed by atoms with Gasteiger partial charge in [-0.3, -0.25) is 4.79 Å². The van der Waals surface area contributed by atoms with Crippen molar-refractivity contribution in [3.8, 4) is 5.69 Å². The Bertz CT molecular complexity index is 776. The first-order valence-electron chi connectivity index (χ1n) is 7.32. The van der Waals surface area contributed by atoms with Gasteiger partial charge in [0.05, 0.1) is 11.4 Å². The number of aryl methyl sites for hydroxylation is 1. The van der Waals surface area contributed by atoms with E-state index < -0.39 is 11.4 Å². The van der Waals surface area contributed by atoms with Crippen LogP contribution in [0, 0.1) is 18.2 Å². The van der Waals surface area contributed by atoms with Crippen LogP contribution in [0.5, 0.6) is 0 Å². The van der Waals surface area contributed by atoms with E-state index in [4.69, 9.17) is 16.3 Å². The molecule has 7 heteroatoms. The number of rotatable bonds is 4. The molecule has 1 aromatic carbocycles. The summed E-state index contributed by atoms with van der Waals surface area (Å²) >= 11 is 6.22. The number of carbonyl (C=O) groups is 2. The maximum atomic E-state index is 13.0. The number of carbonyl (C=O) groups excluding carboxylic acids is 2. The summed E-state index contributed by atoms with van der Waals surface area (Å²) in [6.45, 7) is 6.50. The number of Topliss-reactive ketones (excluding diaryl/α,β-unsaturated/α-hetero) is 1. The third kappa shape index (κ3) is 3.82. The van der Waals surface area contributed by atoms with Crippen LogP contribution in [-0.2, 0) is 9.53 Å². The highest BCUT2D eigenvalue weighted by molar-refractivity contribution is 6.33. The molecule has 0 atom stereocenters. The van der Waals surface area contributed by atoms with Crippen molar-refractivity contribution in [2.45, 2.75) is 27.7 Å². The van der Waals surface area contributed by atoms with Gasteiger partial charge >= 0.3 is 5.97 Å². The van der Waals surface area contributed by atoms with Crippen LogP contribution in [0.15, 0.2) is 24.3 Å². The molecule has 1 heterocycles. The van der Waals surface area contributed by atoms with Crippen molar-refractivity contribution in [3.05, 3.63) is 46.5 Å². The minimum Gasteiger partial charge on any atom is -0.454 e. The summed E-state index contributed by atoms with van der Waals surface area (Å²) in [5.41, 5.74) is 0.353. The smallest absolute Gasteiger partial charge is 0.343 e. The normalized spacial score (nSPS) is 11.4. The lowest BCUT2D eigenvalue weighted by Crippen LogP contribution is -2.26. The Hall–Kier alpha value is -2.21. The molecule has 0 unspecified atom stereocenters. The van der Waals surface area contributed by atoms with Gasteiger partial charge in [0, 0.05) is 5.41 Å². The standard InChI is InChI=1S/C17H18ClFN2O3/c1-10-14(16(23)24-9-13(22)17(2,3)4)15(18)21(20-10)12-7-5-11(19)6-8-12/h5-8H,9H2,1-4H3. The Morgan fingerprint density at radius 1 is 1.25 bits per heavy atom. The molecule has 1 aromatic heterocycles. The largest absolute Gasteiger partial charge is 0.454 e. The number of aromatic nitrogens is 2. The molecule has 0 saturated heterocycles. The van der Waals surface area contributed by atoms with Gasteiger partial charge in [0.2, 0.25) is 0 Å². The second-order valence-corrected chi connectivity index (χ2v) is 6.75. The summed E-state index contributed by atoms with van der Waals surface area (Å²) in [6.07, 6.45) is 0. The Morgan fingerprint density at radius 2 is 1.83 bits per heavy atom. The van der Waals surface area contributed by atoms with Crippen LogP contribution < -0.4 is 0 Å². The summed E-state index contributed by atoms with van der Waals surface area (Å²) in [7, 11) is 0. The van der Waals surface area contributed by atoms with Crippen LogP contribution >= 0.6 is 11.6 Å². The fraction of sp³-hybridized carbons (Fsp3) is 0.353. The molecule has 0 saturated carbocycles. The van der Waals surface area contributed by atoms with Gasteiger partial charge in [-0.25, -0.2) is 13.9 Å². The van der Waals surface area contributed by atoms with Crippen LogP contribution in [0.1, 0.15) is 36.8 Å². The number of hydrogen-bond donors (Lipinski definition) is 0. The van der Waals surface area contributed by atoms with E-state index in [2.05, 4.69) is 5.10 Å². The first kappa shape index (κ1) is 18.1. The lowest BCUT2D eigenvalue weighted by Gasteiger charge is -2.16. The number of hydrogen-bond acceptors (Lipinski definition) is 4. The monoisotopic (exact) mass is 352 g/mol. The van der Waals surface area contributed by atoms with E-state index in [0.29, 0.717) is 11.4 Å². The van der Waals surface area contributed by atoms with Gasteiger partial charge in [0.1, 0.15) is 16.5 Å². The van der Waals surface area contributed by atoms with Gasteiger partial charge < -0.3 is 4.74 Å². The summed E-state index contributed by atoms with van der Waals surface area (Å²) in [5, 5.41) is 4.23. The molecule has 0 aliphatic rings. The number of esters is 1. The Morgan fingerprint density at radius 3 is 2.38 bits per heavy atom. The van der Waals surface area contributed by atoms with E-state index in [-0.39, 0.29) is 28.9 Å². The Kier molecular flexibility index (Phi) is 5.08. The van der Waals surface area contributed by atoms with Crippen molar-refractivity contribution < 1.29 is 18.7 Å². The average molecular weight is 353 g/mol. The summed E-state index contributed by atoms with van der Waals surface area (Å²) in [6, 6.07) is 5.52. The molecule has 2 rings (SSSR count). The fourth-order valence-electron chi connectivity index (χ4n) is 1.90. The number of halogens is 2. The summed E-state index contributed by atoms with van der Waals surface area (Å²) in [4.78, 5) is 24.1. The second-order valence-electron chi connectivity index (χ2n) is 6.39. The lowest BCUT2D eigenvalue weighted by atomic mass is 9.91. The molecule has 0 fully saturated rings. The average Bonchev–Trinajstić information content (AvgIpc) is 2.79. The van der Waals surface area contributed by atoms with Gasteiger partial charge in [0.15, 0.2) is 12.4 Å². The van der Waals surface area contributed by atoms with Crippen molar-refractivity contribution in [2.75, 3.05) is 6.61 Å². The van der Waals surface area contributed by atoms with Crippen LogP contribution in [0.3, 0.4) is 0 Å². The lowest BCUT2D eigenvalue weighted by molar-refractivity contribution is -0.129. The maximum absolute atomic E-state index is 13.0. The molecule has 5 nitrogen and oxygen atoms in total. The first-order chi connectivity index (χ1) is 11.1. The summed E-state index contributed by atoms with van der Waals surface area (Å²) < 4.78 is 19.4. The molecule has 0 spiro atoms. The van der Waals surface area contributed by atoms with Crippen LogP contribution in [0.2, 0.25) is 5.15 Å². The molecule has 2 aromatic rings. The zero-order valence-corrected chi connectivity index (χ0v) is 14.6. The highest BCUT2D eigenvalue weighted by Gasteiger charge is 2.26. The van der Waals surface area contributed by atoms with E-state index in [1.807, 2.05) is 0 Å². The maximum Gasteiger partial charge on any atom is 0.343 e. The van der Waals surface area contributed by atoms with Gasteiger partial charge in [0.25, 0.3) is 0 Å². The number of benzene rings is 1. The zero-order valence-electron chi connectivity index (χ0n) is 13.9. The first-order valence-corrected chi connectivity index (χ1v) is 7.70. The van der Waals surface area contributed by atoms with Gasteiger partial charge in [-0.15, -0.1) is 0 Å². The fourth-order valence-corrected chi connectivity index (χ4v) is 2.25. The van der Waals surface area contributed by atoms with E-state index in [0.717, 1.165) is 0 Å². The number of nitrogens with zero attached hydrogens (tertiary/aromatic N) is 2. The van der Waals surface area contributed by atoms with Crippen molar-refractivity contribution in [1.29, 1.82) is 0 Å². The highest BCUT2D eigenvalue weighted by atomic mass is 35.5. The minimum absolute atomic E-state index is 0.0484. The molecule has 0 amide bonds. The van der Waals surface area contributed by atoms with Crippen LogP contribution in [0.4, 0.5) is 4.39 Å². The number of ketones is 1. The van der Waals surface area contributed by atoms with E-state index in [1.54, 1.807) is 27.7 Å². The third-order valence-corrected chi connectivity index (χ3v) is 3.80. The van der Waals surface area contributed by atoms with Crippen molar-refractivity contribution in [1.82, 2.24) is 9.78 Å². The SMILES string of the molecule is Cc1nn(-c2ccc(F)cc2)c(Cl)c1C(=O)OCC(=O)C(C)(C)C. The van der Waals surface area contributed by atoms with E-state index in [9.17, 15) is 14.0 Å². The molecule has 0 N–H and O–H groups in total. The van der Waals surface area contributed by atoms with Crippen molar-refractivity contribution in [3.63, 3.8) is 0 Å². The number of ether oxygens (including phenoxy) is 1. The predicted molar refractivity (Wildman–Crippen MR) is 88.0 cm³/mol. The molecule has 0 bridgehead atoms. The predicted octanol–water partition coefficient (Wildman–Crippen LogP) is 3.75. The third-order valence-electron chi connectivity index (χ3n) is 3.45. The molecule has 0 aliphatic heterocycles. The van der Waals surface area contributed by atoms with E-state index >= 15 is 0 Å². The van der Waals surface area contributed by atoms with Crippen molar-refractivity contribution >= 4 is 23.4 Å².